The van der Waals surface area contributed by atoms with Crippen molar-refractivity contribution in [3.8, 4) is 0 Å². The maximum absolute atomic E-state index is 9.55. The van der Waals surface area contributed by atoms with Gasteiger partial charge in [-0.3, -0.25) is 0 Å². The van der Waals surface area contributed by atoms with Gasteiger partial charge in [-0.25, -0.2) is 0 Å². The zero-order valence-electron chi connectivity index (χ0n) is 10.2. The van der Waals surface area contributed by atoms with Crippen molar-refractivity contribution >= 4 is 15.9 Å². The van der Waals surface area contributed by atoms with Gasteiger partial charge in [0.25, 0.3) is 0 Å². The van der Waals surface area contributed by atoms with E-state index in [0.717, 1.165) is 25.6 Å². The first-order valence-corrected chi connectivity index (χ1v) is 7.02. The minimum Gasteiger partial charge on any atom is -0.391 e. The van der Waals surface area contributed by atoms with E-state index in [0.29, 0.717) is 10.7 Å². The summed E-state index contributed by atoms with van der Waals surface area (Å²) in [6.07, 6.45) is 2.34. The Morgan fingerprint density at radius 2 is 1.87 bits per heavy atom. The van der Waals surface area contributed by atoms with E-state index in [2.05, 4.69) is 41.6 Å². The van der Waals surface area contributed by atoms with Gasteiger partial charge >= 0.3 is 0 Å². The van der Waals surface area contributed by atoms with Crippen LogP contribution in [0.2, 0.25) is 0 Å². The highest BCUT2D eigenvalue weighted by Crippen LogP contribution is 2.34. The van der Waals surface area contributed by atoms with Gasteiger partial charge < -0.3 is 10.0 Å². The van der Waals surface area contributed by atoms with Crippen LogP contribution in [0.1, 0.15) is 33.6 Å². The quantitative estimate of drug-likeness (QED) is 0.802. The minimum absolute atomic E-state index is 0.212. The minimum atomic E-state index is -0.212. The fraction of sp³-hybridized carbons (Fsp3) is 1.00. The largest absolute Gasteiger partial charge is 0.391 e. The van der Waals surface area contributed by atoms with Gasteiger partial charge in [0.05, 0.1) is 6.10 Å². The number of aliphatic hydroxyl groups excluding tert-OH is 1. The first kappa shape index (κ1) is 13.5. The Labute approximate surface area is 102 Å². The molecule has 1 aliphatic rings. The maximum Gasteiger partial charge on any atom is 0.0763 e. The molecule has 1 fully saturated rings. The molecule has 1 N–H and O–H groups in total. The van der Waals surface area contributed by atoms with Crippen LogP contribution in [0.25, 0.3) is 0 Å². The van der Waals surface area contributed by atoms with Gasteiger partial charge in [-0.05, 0) is 37.3 Å². The van der Waals surface area contributed by atoms with E-state index < -0.39 is 0 Å². The van der Waals surface area contributed by atoms with Gasteiger partial charge in [-0.2, -0.15) is 0 Å². The third kappa shape index (κ3) is 4.41. The SMILES string of the molecule is CC(C)(C)C1CCN(CC(O)CBr)CC1. The molecule has 1 atom stereocenters. The Balaban J connectivity index is 2.30. The highest BCUT2D eigenvalue weighted by molar-refractivity contribution is 9.09. The summed E-state index contributed by atoms with van der Waals surface area (Å²) in [6, 6.07) is 0. The van der Waals surface area contributed by atoms with Crippen LogP contribution in [0.3, 0.4) is 0 Å². The summed E-state index contributed by atoms with van der Waals surface area (Å²) < 4.78 is 0. The van der Waals surface area contributed by atoms with Crippen LogP contribution in [0.5, 0.6) is 0 Å². The summed E-state index contributed by atoms with van der Waals surface area (Å²) in [6.45, 7) is 10.1. The lowest BCUT2D eigenvalue weighted by molar-refractivity contribution is 0.0744. The third-order valence-electron chi connectivity index (χ3n) is 3.46. The molecule has 90 valence electrons. The predicted octanol–water partition coefficient (Wildman–Crippen LogP) is 2.50. The van der Waals surface area contributed by atoms with E-state index in [4.69, 9.17) is 0 Å². The number of alkyl halides is 1. The Hall–Kier alpha value is 0.400. The molecule has 0 aromatic rings. The van der Waals surface area contributed by atoms with E-state index >= 15 is 0 Å². The van der Waals surface area contributed by atoms with Crippen molar-refractivity contribution in [2.45, 2.75) is 39.7 Å². The lowest BCUT2D eigenvalue weighted by atomic mass is 9.75. The molecule has 0 radical (unpaired) electrons. The molecule has 0 aliphatic carbocycles. The molecular formula is C12H24BrNO. The molecule has 2 nitrogen and oxygen atoms in total. The lowest BCUT2D eigenvalue weighted by Crippen LogP contribution is -2.41. The van der Waals surface area contributed by atoms with Crippen molar-refractivity contribution in [3.63, 3.8) is 0 Å². The molecule has 0 aromatic heterocycles. The Bertz CT molecular complexity index is 183. The number of nitrogens with zero attached hydrogens (tertiary/aromatic N) is 1. The highest BCUT2D eigenvalue weighted by atomic mass is 79.9. The van der Waals surface area contributed by atoms with E-state index in [9.17, 15) is 5.11 Å². The number of β-amino-alcohol motifs (C(OH)–C–C–N with tert-alkyl or cyclic N) is 1. The van der Waals surface area contributed by atoms with Crippen molar-refractivity contribution in [2.75, 3.05) is 25.0 Å². The number of hydrogen-bond donors (Lipinski definition) is 1. The van der Waals surface area contributed by atoms with Crippen LogP contribution in [0.15, 0.2) is 0 Å². The van der Waals surface area contributed by atoms with Crippen molar-refractivity contribution in [3.05, 3.63) is 0 Å². The van der Waals surface area contributed by atoms with Gasteiger partial charge in [-0.15, -0.1) is 0 Å². The normalized spacial score (nSPS) is 23.0. The molecule has 1 heterocycles. The van der Waals surface area contributed by atoms with Crippen molar-refractivity contribution in [1.82, 2.24) is 4.90 Å². The van der Waals surface area contributed by atoms with Gasteiger partial charge in [0.15, 0.2) is 0 Å². The Morgan fingerprint density at radius 3 is 2.27 bits per heavy atom. The van der Waals surface area contributed by atoms with Crippen LogP contribution in [-0.2, 0) is 0 Å². The van der Waals surface area contributed by atoms with Crippen LogP contribution in [-0.4, -0.2) is 41.1 Å². The Morgan fingerprint density at radius 1 is 1.33 bits per heavy atom. The number of halogens is 1. The smallest absolute Gasteiger partial charge is 0.0763 e. The van der Waals surface area contributed by atoms with Crippen LogP contribution in [0.4, 0.5) is 0 Å². The van der Waals surface area contributed by atoms with Crippen molar-refractivity contribution in [2.24, 2.45) is 11.3 Å². The molecule has 0 spiro atoms. The van der Waals surface area contributed by atoms with E-state index in [1.54, 1.807) is 0 Å². The third-order valence-corrected chi connectivity index (χ3v) is 4.21. The van der Waals surface area contributed by atoms with E-state index in [1.165, 1.54) is 12.8 Å². The van der Waals surface area contributed by atoms with Crippen LogP contribution < -0.4 is 0 Å². The van der Waals surface area contributed by atoms with Crippen LogP contribution >= 0.6 is 15.9 Å². The van der Waals surface area contributed by atoms with Gasteiger partial charge in [0.2, 0.25) is 0 Å². The standard InChI is InChI=1S/C12H24BrNO/c1-12(2,3)10-4-6-14(7-5-10)9-11(15)8-13/h10-11,15H,4-9H2,1-3H3. The van der Waals surface area contributed by atoms with Gasteiger partial charge in [0, 0.05) is 11.9 Å². The van der Waals surface area contributed by atoms with Gasteiger partial charge in [0.1, 0.15) is 0 Å². The maximum atomic E-state index is 9.55. The number of rotatable bonds is 3. The molecule has 0 amide bonds. The molecule has 3 heteroatoms. The number of piperidine rings is 1. The average molecular weight is 278 g/mol. The van der Waals surface area contributed by atoms with Crippen molar-refractivity contribution < 1.29 is 5.11 Å². The number of hydrogen-bond acceptors (Lipinski definition) is 2. The lowest BCUT2D eigenvalue weighted by Gasteiger charge is -2.39. The monoisotopic (exact) mass is 277 g/mol. The Kier molecular flexibility index (Phi) is 5.07. The molecule has 0 saturated carbocycles. The second-order valence-electron chi connectivity index (χ2n) is 5.75. The molecule has 0 aromatic carbocycles. The first-order chi connectivity index (χ1) is 6.93. The van der Waals surface area contributed by atoms with Crippen LogP contribution in [0, 0.1) is 11.3 Å². The van der Waals surface area contributed by atoms with Gasteiger partial charge in [-0.1, -0.05) is 36.7 Å². The summed E-state index contributed by atoms with van der Waals surface area (Å²) in [5, 5.41) is 10.2. The molecule has 1 unspecified atom stereocenters. The average Bonchev–Trinajstić information content (AvgIpc) is 2.17. The zero-order valence-corrected chi connectivity index (χ0v) is 11.8. The molecule has 1 aliphatic heterocycles. The van der Waals surface area contributed by atoms with Crippen molar-refractivity contribution in [1.29, 1.82) is 0 Å². The second-order valence-corrected chi connectivity index (χ2v) is 6.40. The summed E-state index contributed by atoms with van der Waals surface area (Å²) >= 11 is 3.31. The molecule has 1 rings (SSSR count). The predicted molar refractivity (Wildman–Crippen MR) is 68.4 cm³/mol. The summed E-state index contributed by atoms with van der Waals surface area (Å²) in [4.78, 5) is 2.38. The molecular weight excluding hydrogens is 254 g/mol. The number of aliphatic hydroxyl groups is 1. The fourth-order valence-corrected chi connectivity index (χ4v) is 2.53. The molecule has 15 heavy (non-hydrogen) atoms. The molecule has 1 saturated heterocycles. The molecule has 0 bridgehead atoms. The first-order valence-electron chi connectivity index (χ1n) is 5.90. The summed E-state index contributed by atoms with van der Waals surface area (Å²) in [5.41, 5.74) is 0.445. The topological polar surface area (TPSA) is 23.5 Å². The second kappa shape index (κ2) is 5.65. The number of likely N-dealkylation sites (tertiary alicyclic amines) is 1. The summed E-state index contributed by atoms with van der Waals surface area (Å²) in [7, 11) is 0. The highest BCUT2D eigenvalue weighted by Gasteiger charge is 2.28. The summed E-state index contributed by atoms with van der Waals surface area (Å²) in [5.74, 6) is 0.842. The van der Waals surface area contributed by atoms with E-state index in [-0.39, 0.29) is 6.10 Å². The van der Waals surface area contributed by atoms with E-state index in [1.807, 2.05) is 0 Å². The fourth-order valence-electron chi connectivity index (χ4n) is 2.33. The zero-order chi connectivity index (χ0) is 11.5.